The van der Waals surface area contributed by atoms with E-state index in [4.69, 9.17) is 5.73 Å². The van der Waals surface area contributed by atoms with Gasteiger partial charge < -0.3 is 10.6 Å². The van der Waals surface area contributed by atoms with Crippen LogP contribution in [0.15, 0.2) is 30.3 Å². The number of nitrogens with two attached hydrogens (primary N) is 1. The predicted octanol–water partition coefficient (Wildman–Crippen LogP) is 3.38. The third-order valence-electron chi connectivity index (χ3n) is 5.27. The van der Waals surface area contributed by atoms with Crippen LogP contribution in [0, 0.1) is 5.92 Å². The highest BCUT2D eigenvalue weighted by atomic mass is 15.2. The Morgan fingerprint density at radius 3 is 2.55 bits per heavy atom. The van der Waals surface area contributed by atoms with Crippen molar-refractivity contribution in [2.24, 2.45) is 11.7 Å². The molecule has 2 fully saturated rings. The van der Waals surface area contributed by atoms with Crippen LogP contribution in [0.25, 0.3) is 0 Å². The Balaban J connectivity index is 1.50. The lowest BCUT2D eigenvalue weighted by Gasteiger charge is -2.30. The number of hydrogen-bond donors (Lipinski definition) is 1. The lowest BCUT2D eigenvalue weighted by molar-refractivity contribution is 0.232. The molecular formula is C18H28N2. The average Bonchev–Trinajstić information content (AvgIpc) is 2.97. The summed E-state index contributed by atoms with van der Waals surface area (Å²) in [5.74, 6) is 1.49. The highest BCUT2D eigenvalue weighted by molar-refractivity contribution is 5.21. The van der Waals surface area contributed by atoms with Crippen LogP contribution >= 0.6 is 0 Å². The fraction of sp³-hybridized carbons (Fsp3) is 0.667. The predicted molar refractivity (Wildman–Crippen MR) is 84.8 cm³/mol. The van der Waals surface area contributed by atoms with Gasteiger partial charge in [-0.1, -0.05) is 49.6 Å². The molecule has 20 heavy (non-hydrogen) atoms. The van der Waals surface area contributed by atoms with Crippen molar-refractivity contribution >= 4 is 0 Å². The van der Waals surface area contributed by atoms with Gasteiger partial charge in [0.1, 0.15) is 0 Å². The summed E-state index contributed by atoms with van der Waals surface area (Å²) in [5, 5.41) is 0. The Labute approximate surface area is 123 Å². The molecule has 3 rings (SSSR count). The number of rotatable bonds is 4. The maximum atomic E-state index is 6.47. The van der Waals surface area contributed by atoms with Gasteiger partial charge in [0, 0.05) is 19.1 Å². The first-order chi connectivity index (χ1) is 9.83. The molecule has 1 aromatic carbocycles. The van der Waals surface area contributed by atoms with E-state index in [1.54, 1.807) is 0 Å². The molecule has 2 atom stereocenters. The highest BCUT2D eigenvalue weighted by Gasteiger charge is 2.27. The van der Waals surface area contributed by atoms with Crippen LogP contribution in [0.2, 0.25) is 0 Å². The summed E-state index contributed by atoms with van der Waals surface area (Å²) in [7, 11) is 0. The van der Waals surface area contributed by atoms with Crippen molar-refractivity contribution in [1.82, 2.24) is 4.90 Å². The topological polar surface area (TPSA) is 29.3 Å². The molecule has 0 spiro atoms. The zero-order valence-corrected chi connectivity index (χ0v) is 12.5. The zero-order chi connectivity index (χ0) is 13.8. The van der Waals surface area contributed by atoms with E-state index in [2.05, 4.69) is 35.2 Å². The maximum Gasteiger partial charge on any atom is 0.0196 e. The third-order valence-corrected chi connectivity index (χ3v) is 5.27. The number of benzene rings is 1. The first-order valence-corrected chi connectivity index (χ1v) is 8.36. The van der Waals surface area contributed by atoms with Crippen molar-refractivity contribution in [2.45, 2.75) is 50.5 Å². The molecule has 1 saturated heterocycles. The lowest BCUT2D eigenvalue weighted by Crippen LogP contribution is -2.42. The summed E-state index contributed by atoms with van der Waals surface area (Å²) in [6.07, 6.45) is 8.22. The summed E-state index contributed by atoms with van der Waals surface area (Å²) in [5.41, 5.74) is 7.97. The van der Waals surface area contributed by atoms with Crippen molar-refractivity contribution in [3.8, 4) is 0 Å². The molecule has 0 amide bonds. The van der Waals surface area contributed by atoms with E-state index in [1.165, 1.54) is 57.2 Å². The SMILES string of the molecule is NC(CN1CCC(c2ccccc2)C1)C1CCCCC1. The van der Waals surface area contributed by atoms with Gasteiger partial charge >= 0.3 is 0 Å². The minimum atomic E-state index is 0.393. The largest absolute Gasteiger partial charge is 0.326 e. The van der Waals surface area contributed by atoms with Crippen LogP contribution in [-0.2, 0) is 0 Å². The third kappa shape index (κ3) is 3.42. The second kappa shape index (κ2) is 6.73. The summed E-state index contributed by atoms with van der Waals surface area (Å²) in [4.78, 5) is 2.59. The minimum absolute atomic E-state index is 0.393. The molecule has 1 aliphatic heterocycles. The summed E-state index contributed by atoms with van der Waals surface area (Å²) < 4.78 is 0. The lowest BCUT2D eigenvalue weighted by atomic mass is 9.84. The monoisotopic (exact) mass is 272 g/mol. The molecule has 110 valence electrons. The van der Waals surface area contributed by atoms with Crippen molar-refractivity contribution < 1.29 is 0 Å². The van der Waals surface area contributed by atoms with Gasteiger partial charge in [-0.2, -0.15) is 0 Å². The molecule has 0 bridgehead atoms. The first kappa shape index (κ1) is 14.1. The van der Waals surface area contributed by atoms with Crippen molar-refractivity contribution in [1.29, 1.82) is 0 Å². The molecule has 1 heterocycles. The molecule has 0 aromatic heterocycles. The first-order valence-electron chi connectivity index (χ1n) is 8.36. The van der Waals surface area contributed by atoms with Crippen LogP contribution in [0.4, 0.5) is 0 Å². The molecule has 2 unspecified atom stereocenters. The Morgan fingerprint density at radius 2 is 1.80 bits per heavy atom. The van der Waals surface area contributed by atoms with E-state index in [-0.39, 0.29) is 0 Å². The molecular weight excluding hydrogens is 244 g/mol. The van der Waals surface area contributed by atoms with Gasteiger partial charge in [0.25, 0.3) is 0 Å². The Morgan fingerprint density at radius 1 is 1.05 bits per heavy atom. The fourth-order valence-corrected chi connectivity index (χ4v) is 4.01. The van der Waals surface area contributed by atoms with Crippen LogP contribution in [0.5, 0.6) is 0 Å². The van der Waals surface area contributed by atoms with Crippen LogP contribution in [-0.4, -0.2) is 30.6 Å². The van der Waals surface area contributed by atoms with E-state index >= 15 is 0 Å². The quantitative estimate of drug-likeness (QED) is 0.910. The molecule has 2 heteroatoms. The van der Waals surface area contributed by atoms with E-state index in [9.17, 15) is 0 Å². The molecule has 2 aliphatic rings. The normalized spacial score (nSPS) is 26.8. The number of nitrogens with zero attached hydrogens (tertiary/aromatic N) is 1. The Hall–Kier alpha value is -0.860. The Kier molecular flexibility index (Phi) is 4.74. The standard InChI is InChI=1S/C18H28N2/c19-18(16-9-5-2-6-10-16)14-20-12-11-17(13-20)15-7-3-1-4-8-15/h1,3-4,7-8,16-18H,2,5-6,9-14,19H2. The van der Waals surface area contributed by atoms with Crippen molar-refractivity contribution in [3.05, 3.63) is 35.9 Å². The van der Waals surface area contributed by atoms with Gasteiger partial charge in [0.05, 0.1) is 0 Å². The average molecular weight is 272 g/mol. The van der Waals surface area contributed by atoms with Gasteiger partial charge in [-0.25, -0.2) is 0 Å². The highest BCUT2D eigenvalue weighted by Crippen LogP contribution is 2.29. The molecule has 2 N–H and O–H groups in total. The second-order valence-corrected chi connectivity index (χ2v) is 6.72. The van der Waals surface area contributed by atoms with E-state index in [1.807, 2.05) is 0 Å². The van der Waals surface area contributed by atoms with Gasteiger partial charge in [0.15, 0.2) is 0 Å². The summed E-state index contributed by atoms with van der Waals surface area (Å²) in [6, 6.07) is 11.4. The summed E-state index contributed by atoms with van der Waals surface area (Å²) in [6.45, 7) is 3.53. The van der Waals surface area contributed by atoms with Gasteiger partial charge in [-0.15, -0.1) is 0 Å². The molecule has 0 radical (unpaired) electrons. The van der Waals surface area contributed by atoms with E-state index in [0.29, 0.717) is 6.04 Å². The van der Waals surface area contributed by atoms with E-state index < -0.39 is 0 Å². The van der Waals surface area contributed by atoms with E-state index in [0.717, 1.165) is 18.4 Å². The molecule has 1 saturated carbocycles. The molecule has 2 nitrogen and oxygen atoms in total. The van der Waals surface area contributed by atoms with Crippen LogP contribution < -0.4 is 5.73 Å². The number of hydrogen-bond acceptors (Lipinski definition) is 2. The van der Waals surface area contributed by atoms with Gasteiger partial charge in [0.2, 0.25) is 0 Å². The zero-order valence-electron chi connectivity index (χ0n) is 12.5. The second-order valence-electron chi connectivity index (χ2n) is 6.72. The minimum Gasteiger partial charge on any atom is -0.326 e. The fourth-order valence-electron chi connectivity index (χ4n) is 4.01. The van der Waals surface area contributed by atoms with Crippen molar-refractivity contribution in [3.63, 3.8) is 0 Å². The van der Waals surface area contributed by atoms with Gasteiger partial charge in [-0.3, -0.25) is 0 Å². The van der Waals surface area contributed by atoms with Gasteiger partial charge in [-0.05, 0) is 43.2 Å². The van der Waals surface area contributed by atoms with Crippen LogP contribution in [0.1, 0.15) is 50.0 Å². The summed E-state index contributed by atoms with van der Waals surface area (Å²) >= 11 is 0. The molecule has 1 aromatic rings. The smallest absolute Gasteiger partial charge is 0.0196 e. The number of likely N-dealkylation sites (tertiary alicyclic amines) is 1. The van der Waals surface area contributed by atoms with Crippen molar-refractivity contribution in [2.75, 3.05) is 19.6 Å². The Bertz CT molecular complexity index is 397. The molecule has 1 aliphatic carbocycles. The maximum absolute atomic E-state index is 6.47. The van der Waals surface area contributed by atoms with Crippen LogP contribution in [0.3, 0.4) is 0 Å².